The molecule has 4 rings (SSSR count). The number of para-hydroxylation sites is 2. The van der Waals surface area contributed by atoms with Crippen molar-refractivity contribution in [3.63, 3.8) is 0 Å². The van der Waals surface area contributed by atoms with Gasteiger partial charge >= 0.3 is 5.97 Å². The van der Waals surface area contributed by atoms with Gasteiger partial charge in [-0.2, -0.15) is 0 Å². The minimum atomic E-state index is -1.21. The molecule has 0 unspecified atom stereocenters. The Morgan fingerprint density at radius 1 is 1.07 bits per heavy atom. The quantitative estimate of drug-likeness (QED) is 0.600. The van der Waals surface area contributed by atoms with Crippen molar-refractivity contribution in [2.75, 3.05) is 0 Å². The van der Waals surface area contributed by atoms with Crippen molar-refractivity contribution < 1.29 is 9.90 Å². The van der Waals surface area contributed by atoms with E-state index in [1.54, 1.807) is 10.6 Å². The summed E-state index contributed by atoms with van der Waals surface area (Å²) in [5.41, 5.74) is 2.91. The molecule has 0 atom stereocenters. The number of imidazole rings is 1. The van der Waals surface area contributed by atoms with Crippen molar-refractivity contribution in [3.8, 4) is 11.4 Å². The summed E-state index contributed by atoms with van der Waals surface area (Å²) in [5.74, 6) is -0.376. The number of pyridine rings is 1. The highest BCUT2D eigenvalue weighted by molar-refractivity contribution is 5.94. The second-order valence-corrected chi connectivity index (χ2v) is 6.36. The smallest absolute Gasteiger partial charge is 0.341 e. The first-order valence-electron chi connectivity index (χ1n) is 8.91. The van der Waals surface area contributed by atoms with Crippen molar-refractivity contribution in [2.24, 2.45) is 0 Å². The molecule has 0 saturated carbocycles. The molecule has 136 valence electrons. The number of carbonyl (C=O) groups is 1. The summed E-state index contributed by atoms with van der Waals surface area (Å²) in [4.78, 5) is 28.7. The van der Waals surface area contributed by atoms with Crippen LogP contribution in [-0.2, 0) is 13.1 Å². The van der Waals surface area contributed by atoms with Crippen LogP contribution in [0.3, 0.4) is 0 Å². The fourth-order valence-corrected chi connectivity index (χ4v) is 3.56. The zero-order valence-corrected chi connectivity index (χ0v) is 15.1. The van der Waals surface area contributed by atoms with E-state index in [0.29, 0.717) is 17.4 Å². The van der Waals surface area contributed by atoms with Gasteiger partial charge in [-0.3, -0.25) is 4.79 Å². The van der Waals surface area contributed by atoms with Gasteiger partial charge in [0.15, 0.2) is 0 Å². The van der Waals surface area contributed by atoms with Crippen LogP contribution in [0.4, 0.5) is 0 Å². The van der Waals surface area contributed by atoms with E-state index in [0.717, 1.165) is 29.0 Å². The van der Waals surface area contributed by atoms with E-state index in [4.69, 9.17) is 4.98 Å². The van der Waals surface area contributed by atoms with E-state index in [1.165, 1.54) is 6.20 Å². The second kappa shape index (κ2) is 6.39. The van der Waals surface area contributed by atoms with Gasteiger partial charge in [-0.15, -0.1) is 0 Å². The Hall–Kier alpha value is -3.41. The van der Waals surface area contributed by atoms with Crippen LogP contribution in [0.5, 0.6) is 0 Å². The number of carboxylic acid groups (broad SMARTS) is 1. The molecule has 4 aromatic rings. The minimum absolute atomic E-state index is 0.210. The molecule has 0 spiro atoms. The lowest BCUT2D eigenvalue weighted by Crippen LogP contribution is -2.18. The van der Waals surface area contributed by atoms with Crippen LogP contribution < -0.4 is 5.43 Å². The number of hydrogen-bond acceptors (Lipinski definition) is 3. The topological polar surface area (TPSA) is 77.1 Å². The molecule has 0 saturated heterocycles. The van der Waals surface area contributed by atoms with Crippen LogP contribution in [0, 0.1) is 0 Å². The van der Waals surface area contributed by atoms with Crippen molar-refractivity contribution in [1.82, 2.24) is 14.1 Å². The van der Waals surface area contributed by atoms with Crippen LogP contribution in [0.15, 0.2) is 53.5 Å². The van der Waals surface area contributed by atoms with Gasteiger partial charge in [0.1, 0.15) is 11.4 Å². The number of aromatic carboxylic acids is 1. The van der Waals surface area contributed by atoms with Crippen LogP contribution in [0.1, 0.15) is 24.2 Å². The molecule has 0 amide bonds. The molecular weight excluding hydrogens is 342 g/mol. The lowest BCUT2D eigenvalue weighted by atomic mass is 10.1. The fourth-order valence-electron chi connectivity index (χ4n) is 3.56. The Kier molecular flexibility index (Phi) is 4.03. The van der Waals surface area contributed by atoms with Crippen molar-refractivity contribution in [3.05, 3.63) is 64.4 Å². The maximum Gasteiger partial charge on any atom is 0.341 e. The minimum Gasteiger partial charge on any atom is -0.477 e. The maximum absolute atomic E-state index is 12.5. The Morgan fingerprint density at radius 3 is 2.56 bits per heavy atom. The van der Waals surface area contributed by atoms with Gasteiger partial charge < -0.3 is 14.2 Å². The summed E-state index contributed by atoms with van der Waals surface area (Å²) in [6.45, 7) is 5.32. The molecule has 1 N–H and O–H groups in total. The Morgan fingerprint density at radius 2 is 1.85 bits per heavy atom. The first-order chi connectivity index (χ1) is 13.0. The van der Waals surface area contributed by atoms with Crippen molar-refractivity contribution in [2.45, 2.75) is 26.9 Å². The molecule has 2 aromatic heterocycles. The van der Waals surface area contributed by atoms with Crippen LogP contribution >= 0.6 is 0 Å². The summed E-state index contributed by atoms with van der Waals surface area (Å²) >= 11 is 0. The number of carboxylic acids is 1. The number of hydrogen-bond donors (Lipinski definition) is 1. The molecule has 27 heavy (non-hydrogen) atoms. The summed E-state index contributed by atoms with van der Waals surface area (Å²) < 4.78 is 3.93. The fraction of sp³-hybridized carbons (Fsp3) is 0.190. The van der Waals surface area contributed by atoms with Gasteiger partial charge in [0.2, 0.25) is 5.43 Å². The number of benzene rings is 2. The Bertz CT molecular complexity index is 1250. The van der Waals surface area contributed by atoms with Gasteiger partial charge in [0, 0.05) is 30.2 Å². The Balaban J connectivity index is 2.01. The summed E-state index contributed by atoms with van der Waals surface area (Å²) in [6.07, 6.45) is 1.42. The van der Waals surface area contributed by atoms with Crippen LogP contribution in [0.25, 0.3) is 33.3 Å². The van der Waals surface area contributed by atoms with E-state index in [1.807, 2.05) is 43.3 Å². The molecule has 0 aliphatic carbocycles. The third-order valence-electron chi connectivity index (χ3n) is 4.88. The molecule has 6 heteroatoms. The van der Waals surface area contributed by atoms with E-state index in [-0.39, 0.29) is 5.56 Å². The maximum atomic E-state index is 12.5. The SMILES string of the molecule is CCn1cc(C(=O)O)c(=O)c2ccc(-c3nc4ccccc4n3CC)cc21. The number of aryl methyl sites for hydroxylation is 2. The highest BCUT2D eigenvalue weighted by Crippen LogP contribution is 2.27. The average Bonchev–Trinajstić information content (AvgIpc) is 3.06. The highest BCUT2D eigenvalue weighted by Gasteiger charge is 2.16. The first-order valence-corrected chi connectivity index (χ1v) is 8.91. The lowest BCUT2D eigenvalue weighted by molar-refractivity contribution is 0.0695. The van der Waals surface area contributed by atoms with Crippen molar-refractivity contribution >= 4 is 27.9 Å². The lowest BCUT2D eigenvalue weighted by Gasteiger charge is -2.12. The molecule has 2 aromatic carbocycles. The zero-order valence-electron chi connectivity index (χ0n) is 15.1. The van der Waals surface area contributed by atoms with E-state index in [9.17, 15) is 14.7 Å². The van der Waals surface area contributed by atoms with E-state index >= 15 is 0 Å². The monoisotopic (exact) mass is 361 g/mol. The molecule has 6 nitrogen and oxygen atoms in total. The van der Waals surface area contributed by atoms with Gasteiger partial charge in [0.05, 0.1) is 16.6 Å². The number of nitrogens with zero attached hydrogens (tertiary/aromatic N) is 3. The molecule has 0 aliphatic rings. The molecule has 0 bridgehead atoms. The van der Waals surface area contributed by atoms with Gasteiger partial charge in [-0.1, -0.05) is 18.2 Å². The zero-order chi connectivity index (χ0) is 19.1. The van der Waals surface area contributed by atoms with Crippen molar-refractivity contribution in [1.29, 1.82) is 0 Å². The molecule has 0 radical (unpaired) electrons. The molecule has 2 heterocycles. The summed E-state index contributed by atoms with van der Waals surface area (Å²) in [5, 5.41) is 9.70. The van der Waals surface area contributed by atoms with Crippen LogP contribution in [0.2, 0.25) is 0 Å². The standard InChI is InChI=1S/C21H19N3O3/c1-3-23-12-15(21(26)27)19(25)14-10-9-13(11-18(14)23)20-22-16-7-5-6-8-17(16)24(20)4-2/h5-12H,3-4H2,1-2H3,(H,26,27). The van der Waals surface area contributed by atoms with Crippen LogP contribution in [-0.4, -0.2) is 25.2 Å². The van der Waals surface area contributed by atoms with E-state index in [2.05, 4.69) is 11.5 Å². The number of aromatic nitrogens is 3. The highest BCUT2D eigenvalue weighted by atomic mass is 16.4. The Labute approximate surface area is 155 Å². The van der Waals surface area contributed by atoms with Gasteiger partial charge in [-0.05, 0) is 38.1 Å². The second-order valence-electron chi connectivity index (χ2n) is 6.36. The molecular formula is C21H19N3O3. The number of rotatable bonds is 4. The summed E-state index contributed by atoms with van der Waals surface area (Å²) in [7, 11) is 0. The third kappa shape index (κ3) is 2.61. The normalized spacial score (nSPS) is 11.3. The third-order valence-corrected chi connectivity index (χ3v) is 4.88. The van der Waals surface area contributed by atoms with Gasteiger partial charge in [-0.25, -0.2) is 9.78 Å². The molecule has 0 fully saturated rings. The van der Waals surface area contributed by atoms with Gasteiger partial charge in [0.25, 0.3) is 0 Å². The number of fused-ring (bicyclic) bond motifs is 2. The predicted molar refractivity (Wildman–Crippen MR) is 105 cm³/mol. The average molecular weight is 361 g/mol. The summed E-state index contributed by atoms with van der Waals surface area (Å²) in [6, 6.07) is 13.4. The van der Waals surface area contributed by atoms with E-state index < -0.39 is 11.4 Å². The molecule has 0 aliphatic heterocycles. The predicted octanol–water partition coefficient (Wildman–Crippen LogP) is 3.76. The largest absolute Gasteiger partial charge is 0.477 e. The first kappa shape index (κ1) is 17.0.